The van der Waals surface area contributed by atoms with Gasteiger partial charge in [-0.1, -0.05) is 32.1 Å². The topological polar surface area (TPSA) is 76.4 Å². The molecule has 0 aromatic carbocycles. The maximum atomic E-state index is 12.9. The van der Waals surface area contributed by atoms with Crippen LogP contribution < -0.4 is 5.32 Å². The molecule has 3 rings (SSSR count). The molecule has 2 saturated heterocycles. The smallest absolute Gasteiger partial charge is 0.238 e. The quantitative estimate of drug-likeness (QED) is 0.803. The molecule has 1 N–H and O–H groups in total. The van der Waals surface area contributed by atoms with Crippen LogP contribution in [0, 0.1) is 17.2 Å². The van der Waals surface area contributed by atoms with Gasteiger partial charge in [0.1, 0.15) is 5.54 Å². The average molecular weight is 389 g/mol. The predicted octanol–water partition coefficient (Wildman–Crippen LogP) is 2.83. The molecule has 1 unspecified atom stereocenters. The van der Waals surface area contributed by atoms with E-state index in [0.717, 1.165) is 84.0 Å². The lowest BCUT2D eigenvalue weighted by Gasteiger charge is -2.38. The predicted molar refractivity (Wildman–Crippen MR) is 108 cm³/mol. The van der Waals surface area contributed by atoms with Gasteiger partial charge in [0.25, 0.3) is 0 Å². The summed E-state index contributed by atoms with van der Waals surface area (Å²) in [7, 11) is 0. The number of rotatable bonds is 4. The van der Waals surface area contributed by atoms with Gasteiger partial charge in [-0.15, -0.1) is 0 Å². The van der Waals surface area contributed by atoms with Crippen LogP contribution >= 0.6 is 0 Å². The van der Waals surface area contributed by atoms with E-state index >= 15 is 0 Å². The number of hydrogen-bond donors (Lipinski definition) is 1. The van der Waals surface area contributed by atoms with Crippen LogP contribution in [0.2, 0.25) is 0 Å². The molecular formula is C22H36N4O2. The molecule has 156 valence electrons. The number of nitrogens with zero attached hydrogens (tertiary/aromatic N) is 3. The molecule has 1 aliphatic carbocycles. The molecule has 2 amide bonds. The first-order valence-corrected chi connectivity index (χ1v) is 11.3. The van der Waals surface area contributed by atoms with E-state index in [9.17, 15) is 14.9 Å². The molecule has 1 atom stereocenters. The van der Waals surface area contributed by atoms with Crippen molar-refractivity contribution in [1.82, 2.24) is 15.1 Å². The van der Waals surface area contributed by atoms with Crippen molar-refractivity contribution >= 4 is 11.8 Å². The van der Waals surface area contributed by atoms with Crippen molar-refractivity contribution < 1.29 is 9.59 Å². The lowest BCUT2D eigenvalue weighted by atomic mass is 9.82. The first-order valence-electron chi connectivity index (χ1n) is 11.3. The highest BCUT2D eigenvalue weighted by atomic mass is 16.2. The zero-order valence-corrected chi connectivity index (χ0v) is 17.4. The Kier molecular flexibility index (Phi) is 7.34. The first kappa shape index (κ1) is 21.1. The monoisotopic (exact) mass is 388 g/mol. The normalized spacial score (nSPS) is 25.4. The second-order valence-corrected chi connectivity index (χ2v) is 8.97. The summed E-state index contributed by atoms with van der Waals surface area (Å²) in [6, 6.07) is 2.12. The zero-order valence-electron chi connectivity index (χ0n) is 17.4. The Bertz CT molecular complexity index is 578. The Morgan fingerprint density at radius 3 is 2.11 bits per heavy atom. The molecule has 3 aliphatic rings. The summed E-state index contributed by atoms with van der Waals surface area (Å²) in [5, 5.41) is 12.7. The van der Waals surface area contributed by atoms with E-state index in [1.165, 1.54) is 12.8 Å². The molecule has 0 aromatic heterocycles. The van der Waals surface area contributed by atoms with Crippen LogP contribution in [0.25, 0.3) is 0 Å². The lowest BCUT2D eigenvalue weighted by molar-refractivity contribution is -0.137. The van der Waals surface area contributed by atoms with Gasteiger partial charge in [0.05, 0.1) is 12.1 Å². The molecule has 0 radical (unpaired) electrons. The second-order valence-electron chi connectivity index (χ2n) is 8.97. The Labute approximate surface area is 169 Å². The van der Waals surface area contributed by atoms with Crippen molar-refractivity contribution in [2.75, 3.05) is 26.2 Å². The second kappa shape index (κ2) is 9.73. The molecule has 0 spiro atoms. The van der Waals surface area contributed by atoms with Gasteiger partial charge < -0.3 is 10.2 Å². The summed E-state index contributed by atoms with van der Waals surface area (Å²) in [5.41, 5.74) is -0.676. The van der Waals surface area contributed by atoms with Crippen LogP contribution in [-0.2, 0) is 9.59 Å². The van der Waals surface area contributed by atoms with Crippen molar-refractivity contribution in [1.29, 1.82) is 5.26 Å². The average Bonchev–Trinajstić information content (AvgIpc) is 3.03. The van der Waals surface area contributed by atoms with Crippen LogP contribution in [-0.4, -0.2) is 59.4 Å². The number of likely N-dealkylation sites (tertiary alicyclic amines) is 2. The fourth-order valence-electron chi connectivity index (χ4n) is 5.01. The van der Waals surface area contributed by atoms with Gasteiger partial charge in [-0.2, -0.15) is 5.26 Å². The van der Waals surface area contributed by atoms with Gasteiger partial charge in [-0.05, 0) is 58.5 Å². The van der Waals surface area contributed by atoms with Gasteiger partial charge >= 0.3 is 0 Å². The fourth-order valence-corrected chi connectivity index (χ4v) is 5.01. The van der Waals surface area contributed by atoms with E-state index in [0.29, 0.717) is 5.91 Å². The summed E-state index contributed by atoms with van der Waals surface area (Å²) >= 11 is 0. The van der Waals surface area contributed by atoms with E-state index in [-0.39, 0.29) is 17.9 Å². The highest BCUT2D eigenvalue weighted by Gasteiger charge is 2.37. The summed E-state index contributed by atoms with van der Waals surface area (Å²) in [6.45, 7) is 5.30. The zero-order chi connectivity index (χ0) is 20.0. The molecule has 1 saturated carbocycles. The minimum atomic E-state index is -0.676. The lowest BCUT2D eigenvalue weighted by Crippen LogP contribution is -2.56. The van der Waals surface area contributed by atoms with Crippen molar-refractivity contribution in [2.45, 2.75) is 89.1 Å². The number of carbonyl (C=O) groups excluding carboxylic acids is 2. The van der Waals surface area contributed by atoms with Crippen LogP contribution in [0.15, 0.2) is 0 Å². The molecule has 28 heavy (non-hydrogen) atoms. The number of carbonyl (C=O) groups is 2. The van der Waals surface area contributed by atoms with Gasteiger partial charge in [0.2, 0.25) is 11.8 Å². The standard InChI is InChI=1S/C22H36N4O2/c1-18(20(27)24-22(17-23)11-5-4-6-12-22)25-15-9-19(10-16-25)21(28)26-13-7-2-3-8-14-26/h18-19H,2-16H2,1H3,(H,24,27). The van der Waals surface area contributed by atoms with Crippen molar-refractivity contribution in [3.8, 4) is 6.07 Å². The molecule has 2 aliphatic heterocycles. The molecule has 0 bridgehead atoms. The van der Waals surface area contributed by atoms with Gasteiger partial charge in [0.15, 0.2) is 0 Å². The van der Waals surface area contributed by atoms with E-state index in [4.69, 9.17) is 0 Å². The first-order chi connectivity index (χ1) is 13.5. The van der Waals surface area contributed by atoms with Gasteiger partial charge in [-0.25, -0.2) is 0 Å². The highest BCUT2D eigenvalue weighted by Crippen LogP contribution is 2.28. The Balaban J connectivity index is 1.49. The largest absolute Gasteiger partial charge is 0.342 e. The fraction of sp³-hybridized carbons (Fsp3) is 0.864. The molecular weight excluding hydrogens is 352 g/mol. The van der Waals surface area contributed by atoms with Crippen molar-refractivity contribution in [3.63, 3.8) is 0 Å². The number of amides is 2. The number of nitrogens with one attached hydrogen (secondary N) is 1. The van der Waals surface area contributed by atoms with Crippen LogP contribution in [0.5, 0.6) is 0 Å². The van der Waals surface area contributed by atoms with E-state index in [1.54, 1.807) is 0 Å². The maximum Gasteiger partial charge on any atom is 0.238 e. The molecule has 0 aromatic rings. The van der Waals surface area contributed by atoms with E-state index < -0.39 is 5.54 Å². The number of hydrogen-bond acceptors (Lipinski definition) is 4. The summed E-state index contributed by atoms with van der Waals surface area (Å²) in [4.78, 5) is 29.9. The number of piperidine rings is 1. The highest BCUT2D eigenvalue weighted by molar-refractivity contribution is 5.82. The molecule has 3 fully saturated rings. The summed E-state index contributed by atoms with van der Waals surface area (Å²) in [5.74, 6) is 0.387. The molecule has 6 heteroatoms. The van der Waals surface area contributed by atoms with Crippen molar-refractivity contribution in [2.24, 2.45) is 5.92 Å². The molecule has 6 nitrogen and oxygen atoms in total. The Hall–Kier alpha value is -1.61. The third-order valence-electron chi connectivity index (χ3n) is 7.01. The van der Waals surface area contributed by atoms with Crippen LogP contribution in [0.1, 0.15) is 77.6 Å². The maximum absolute atomic E-state index is 12.9. The minimum absolute atomic E-state index is 0.0410. The van der Waals surface area contributed by atoms with Crippen LogP contribution in [0.3, 0.4) is 0 Å². The SMILES string of the molecule is CC(C(=O)NC1(C#N)CCCCC1)N1CCC(C(=O)N2CCCCCC2)CC1. The summed E-state index contributed by atoms with van der Waals surface area (Å²) in [6.07, 6.45) is 11.1. The Morgan fingerprint density at radius 1 is 0.964 bits per heavy atom. The van der Waals surface area contributed by atoms with Gasteiger partial charge in [0, 0.05) is 19.0 Å². The molecule has 2 heterocycles. The Morgan fingerprint density at radius 2 is 1.54 bits per heavy atom. The summed E-state index contributed by atoms with van der Waals surface area (Å²) < 4.78 is 0. The van der Waals surface area contributed by atoms with Crippen LogP contribution in [0.4, 0.5) is 0 Å². The third kappa shape index (κ3) is 5.05. The van der Waals surface area contributed by atoms with Crippen molar-refractivity contribution in [3.05, 3.63) is 0 Å². The van der Waals surface area contributed by atoms with E-state index in [1.807, 2.05) is 6.92 Å². The van der Waals surface area contributed by atoms with E-state index in [2.05, 4.69) is 21.2 Å². The van der Waals surface area contributed by atoms with Gasteiger partial charge in [-0.3, -0.25) is 14.5 Å². The number of nitriles is 1. The third-order valence-corrected chi connectivity index (χ3v) is 7.01. The minimum Gasteiger partial charge on any atom is -0.342 e.